The first kappa shape index (κ1) is 17.2. The lowest BCUT2D eigenvalue weighted by molar-refractivity contribution is -0.116. The molecule has 1 amide bonds. The van der Waals surface area contributed by atoms with E-state index >= 15 is 0 Å². The average molecular weight is 291 g/mol. The van der Waals surface area contributed by atoms with Gasteiger partial charge in [-0.25, -0.2) is 0 Å². The minimum Gasteiger partial charge on any atom is -0.394 e. The summed E-state index contributed by atoms with van der Waals surface area (Å²) < 4.78 is 0. The minimum atomic E-state index is -0.323. The zero-order valence-corrected chi connectivity index (χ0v) is 13.5. The highest BCUT2D eigenvalue weighted by atomic mass is 16.6. The Morgan fingerprint density at radius 2 is 1.86 bits per heavy atom. The molecule has 1 aromatic carbocycles. The minimum absolute atomic E-state index is 0.237. The summed E-state index contributed by atoms with van der Waals surface area (Å²) in [5.41, 5.74) is 0.712. The van der Waals surface area contributed by atoms with E-state index in [1.54, 1.807) is 0 Å². The molecule has 116 valence electrons. The fourth-order valence-electron chi connectivity index (χ4n) is 1.55. The van der Waals surface area contributed by atoms with Gasteiger partial charge in [-0.15, -0.1) is 0 Å². The maximum Gasteiger partial charge on any atom is 0.274 e. The second-order valence-electron chi connectivity index (χ2n) is 6.15. The van der Waals surface area contributed by atoms with Gasteiger partial charge in [0.15, 0.2) is 5.71 Å². The van der Waals surface area contributed by atoms with Crippen molar-refractivity contribution in [2.24, 2.45) is 5.16 Å². The number of rotatable bonds is 6. The van der Waals surface area contributed by atoms with Crippen LogP contribution in [0.2, 0.25) is 0 Å². The van der Waals surface area contributed by atoms with Crippen molar-refractivity contribution in [3.05, 3.63) is 35.9 Å². The van der Waals surface area contributed by atoms with E-state index in [2.05, 4.69) is 10.5 Å². The number of carbonyl (C=O) groups is 1. The quantitative estimate of drug-likeness (QED) is 0.495. The van der Waals surface area contributed by atoms with Gasteiger partial charge in [0.25, 0.3) is 5.91 Å². The normalized spacial score (nSPS) is 12.4. The lowest BCUT2D eigenvalue weighted by Crippen LogP contribution is -2.44. The van der Waals surface area contributed by atoms with E-state index < -0.39 is 0 Å². The molecule has 0 atom stereocenters. The van der Waals surface area contributed by atoms with E-state index in [0.29, 0.717) is 12.3 Å². The molecule has 21 heavy (non-hydrogen) atoms. The van der Waals surface area contributed by atoms with E-state index in [1.165, 1.54) is 0 Å². The lowest BCUT2D eigenvalue weighted by atomic mass is 10.1. The molecular weight excluding hydrogens is 266 g/mol. The van der Waals surface area contributed by atoms with Crippen LogP contribution in [0.4, 0.5) is 0 Å². The van der Waals surface area contributed by atoms with E-state index in [1.807, 2.05) is 70.1 Å². The Kier molecular flexibility index (Phi) is 6.37. The summed E-state index contributed by atoms with van der Waals surface area (Å²) in [4.78, 5) is 19.6. The smallest absolute Gasteiger partial charge is 0.274 e. The zero-order chi connectivity index (χ0) is 15.9. The zero-order valence-electron chi connectivity index (χ0n) is 13.5. The summed E-state index contributed by atoms with van der Waals surface area (Å²) in [7, 11) is 3.91. The molecule has 0 saturated carbocycles. The summed E-state index contributed by atoms with van der Waals surface area (Å²) in [6, 6.07) is 9.33. The highest BCUT2D eigenvalue weighted by molar-refractivity contribution is 6.45. The number of benzene rings is 1. The SMILES string of the molecule is CN(C)CCO/N=C(/C(=O)NC(C)(C)C)c1ccccc1. The van der Waals surface area contributed by atoms with Crippen LogP contribution in [0.15, 0.2) is 35.5 Å². The molecule has 0 spiro atoms. The molecule has 0 unspecified atom stereocenters. The fraction of sp³-hybridized carbons (Fsp3) is 0.500. The van der Waals surface area contributed by atoms with E-state index in [4.69, 9.17) is 4.84 Å². The topological polar surface area (TPSA) is 53.9 Å². The number of carbonyl (C=O) groups excluding carboxylic acids is 1. The molecule has 0 bridgehead atoms. The number of hydrogen-bond acceptors (Lipinski definition) is 4. The van der Waals surface area contributed by atoms with Crippen molar-refractivity contribution in [1.29, 1.82) is 0 Å². The van der Waals surface area contributed by atoms with Crippen LogP contribution in [0, 0.1) is 0 Å². The highest BCUT2D eigenvalue weighted by Gasteiger charge is 2.20. The Balaban J connectivity index is 2.85. The maximum absolute atomic E-state index is 12.4. The third kappa shape index (κ3) is 6.90. The van der Waals surface area contributed by atoms with Gasteiger partial charge in [-0.3, -0.25) is 4.79 Å². The molecule has 0 fully saturated rings. The summed E-state index contributed by atoms with van der Waals surface area (Å²) in [5.74, 6) is -0.237. The molecule has 5 nitrogen and oxygen atoms in total. The Hall–Kier alpha value is -1.88. The van der Waals surface area contributed by atoms with Crippen LogP contribution < -0.4 is 5.32 Å². The van der Waals surface area contributed by atoms with Crippen molar-refractivity contribution in [3.8, 4) is 0 Å². The Morgan fingerprint density at radius 3 is 2.38 bits per heavy atom. The molecule has 1 rings (SSSR count). The Morgan fingerprint density at radius 1 is 1.24 bits per heavy atom. The number of amides is 1. The van der Waals surface area contributed by atoms with Crippen molar-refractivity contribution < 1.29 is 9.63 Å². The van der Waals surface area contributed by atoms with Crippen molar-refractivity contribution >= 4 is 11.6 Å². The van der Waals surface area contributed by atoms with Crippen LogP contribution in [0.5, 0.6) is 0 Å². The Bertz CT molecular complexity index is 476. The molecule has 1 aromatic rings. The van der Waals surface area contributed by atoms with Crippen LogP contribution in [-0.2, 0) is 9.63 Å². The first-order valence-corrected chi connectivity index (χ1v) is 7.02. The molecule has 1 N–H and O–H groups in total. The van der Waals surface area contributed by atoms with Crippen LogP contribution in [0.3, 0.4) is 0 Å². The molecule has 0 heterocycles. The van der Waals surface area contributed by atoms with E-state index in [-0.39, 0.29) is 11.4 Å². The van der Waals surface area contributed by atoms with E-state index in [9.17, 15) is 4.79 Å². The van der Waals surface area contributed by atoms with Gasteiger partial charge < -0.3 is 15.1 Å². The molecule has 0 aliphatic carbocycles. The number of nitrogens with zero attached hydrogens (tertiary/aromatic N) is 2. The van der Waals surface area contributed by atoms with Crippen molar-refractivity contribution in [2.45, 2.75) is 26.3 Å². The fourth-order valence-corrected chi connectivity index (χ4v) is 1.55. The van der Waals surface area contributed by atoms with Gasteiger partial charge >= 0.3 is 0 Å². The van der Waals surface area contributed by atoms with E-state index in [0.717, 1.165) is 12.1 Å². The second-order valence-corrected chi connectivity index (χ2v) is 6.15. The second kappa shape index (κ2) is 7.78. The molecule has 0 aliphatic rings. The number of oxime groups is 1. The van der Waals surface area contributed by atoms with Crippen LogP contribution in [0.25, 0.3) is 0 Å². The van der Waals surface area contributed by atoms with Crippen molar-refractivity contribution in [3.63, 3.8) is 0 Å². The molecule has 0 saturated heterocycles. The summed E-state index contributed by atoms with van der Waals surface area (Å²) in [6.07, 6.45) is 0. The first-order valence-electron chi connectivity index (χ1n) is 7.02. The summed E-state index contributed by atoms with van der Waals surface area (Å²) in [5, 5.41) is 6.94. The number of hydrogen-bond donors (Lipinski definition) is 1. The third-order valence-electron chi connectivity index (χ3n) is 2.54. The number of nitrogens with one attached hydrogen (secondary N) is 1. The van der Waals surface area contributed by atoms with Gasteiger partial charge in [-0.1, -0.05) is 35.5 Å². The molecule has 0 aliphatic heterocycles. The lowest BCUT2D eigenvalue weighted by Gasteiger charge is -2.21. The highest BCUT2D eigenvalue weighted by Crippen LogP contribution is 2.05. The summed E-state index contributed by atoms with van der Waals surface area (Å²) in [6.45, 7) is 6.97. The maximum atomic E-state index is 12.4. The molecule has 5 heteroatoms. The van der Waals surface area contributed by atoms with Crippen LogP contribution >= 0.6 is 0 Å². The molecule has 0 aromatic heterocycles. The van der Waals surface area contributed by atoms with Crippen molar-refractivity contribution in [2.75, 3.05) is 27.2 Å². The van der Waals surface area contributed by atoms with Gasteiger partial charge in [0.2, 0.25) is 0 Å². The predicted octanol–water partition coefficient (Wildman–Crippen LogP) is 1.88. The first-order chi connectivity index (χ1) is 9.79. The monoisotopic (exact) mass is 291 g/mol. The van der Waals surface area contributed by atoms with Crippen molar-refractivity contribution in [1.82, 2.24) is 10.2 Å². The third-order valence-corrected chi connectivity index (χ3v) is 2.54. The summed E-state index contributed by atoms with van der Waals surface area (Å²) >= 11 is 0. The van der Waals surface area contributed by atoms with Gasteiger partial charge in [0.05, 0.1) is 0 Å². The predicted molar refractivity (Wildman–Crippen MR) is 85.4 cm³/mol. The Labute approximate surface area is 127 Å². The largest absolute Gasteiger partial charge is 0.394 e. The van der Waals surface area contributed by atoms with Gasteiger partial charge in [0, 0.05) is 17.6 Å². The molecular formula is C16H25N3O2. The van der Waals surface area contributed by atoms with Gasteiger partial charge in [-0.05, 0) is 34.9 Å². The number of likely N-dealkylation sites (N-methyl/N-ethyl adjacent to an activating group) is 1. The molecule has 0 radical (unpaired) electrons. The van der Waals surface area contributed by atoms with Gasteiger partial charge in [0.1, 0.15) is 6.61 Å². The van der Waals surface area contributed by atoms with Gasteiger partial charge in [-0.2, -0.15) is 0 Å². The standard InChI is InChI=1S/C16H25N3O2/c1-16(2,3)17-15(20)14(13-9-7-6-8-10-13)18-21-12-11-19(4)5/h6-10H,11-12H2,1-5H3,(H,17,20)/b18-14+. The van der Waals surface area contributed by atoms with Crippen LogP contribution in [-0.4, -0.2) is 49.3 Å². The van der Waals surface area contributed by atoms with Crippen LogP contribution in [0.1, 0.15) is 26.3 Å². The average Bonchev–Trinajstić information content (AvgIpc) is 2.37.